The summed E-state index contributed by atoms with van der Waals surface area (Å²) in [6, 6.07) is 0. The van der Waals surface area contributed by atoms with Crippen LogP contribution in [-0.2, 0) is 12.3 Å². The summed E-state index contributed by atoms with van der Waals surface area (Å²) in [5.74, 6) is 0. The quantitative estimate of drug-likeness (QED) is 0.644. The molecule has 0 aromatic carbocycles. The van der Waals surface area contributed by atoms with Crippen LogP contribution in [0, 0.1) is 0 Å². The zero-order valence-corrected chi connectivity index (χ0v) is 8.40. The first-order valence-corrected chi connectivity index (χ1v) is 5.81. The third-order valence-electron chi connectivity index (χ3n) is 1.80. The average Bonchev–Trinajstić information content (AvgIpc) is 2.75. The average molecular weight is 191 g/mol. The molecule has 0 atom stereocenters. The zero-order chi connectivity index (χ0) is 8.93. The minimum atomic E-state index is 0.393. The van der Waals surface area contributed by atoms with Gasteiger partial charge in [-0.1, -0.05) is 0 Å². The molecule has 67 valence electrons. The Balaban J connectivity index is 1.76. The Labute approximate surface area is 79.1 Å². The summed E-state index contributed by atoms with van der Waals surface area (Å²) < 4.78 is 4.23. The normalized spacial score (nSPS) is 10.5. The highest BCUT2D eigenvalue weighted by Gasteiger charge is 1.92. The highest BCUT2D eigenvalue weighted by atomic mass is 28.2. The van der Waals surface area contributed by atoms with Crippen LogP contribution in [0.25, 0.3) is 0 Å². The van der Waals surface area contributed by atoms with Crippen molar-refractivity contribution >= 4 is 9.52 Å². The second-order valence-corrected chi connectivity index (χ2v) is 4.12. The van der Waals surface area contributed by atoms with Crippen LogP contribution in [-0.4, -0.2) is 28.6 Å². The van der Waals surface area contributed by atoms with Gasteiger partial charge in [0.05, 0.1) is 22.2 Å². The highest BCUT2D eigenvalue weighted by Crippen LogP contribution is 1.87. The summed E-state index contributed by atoms with van der Waals surface area (Å²) in [4.78, 5) is 7.99. The monoisotopic (exact) mass is 191 g/mol. The van der Waals surface area contributed by atoms with Crippen LogP contribution >= 0.6 is 0 Å². The predicted molar refractivity (Wildman–Crippen MR) is 51.6 cm³/mol. The molecule has 0 aliphatic heterocycles. The summed E-state index contributed by atoms with van der Waals surface area (Å²) in [5, 5.41) is 0. The fourth-order valence-electron chi connectivity index (χ4n) is 1.15. The molecule has 1 radical (unpaired) electrons. The Morgan fingerprint density at radius 1 is 0.923 bits per heavy atom. The molecule has 2 heterocycles. The van der Waals surface area contributed by atoms with E-state index in [9.17, 15) is 0 Å². The van der Waals surface area contributed by atoms with Crippen molar-refractivity contribution in [2.75, 3.05) is 0 Å². The van der Waals surface area contributed by atoms with E-state index in [2.05, 4.69) is 19.1 Å². The summed E-state index contributed by atoms with van der Waals surface area (Å²) >= 11 is 0. The van der Waals surface area contributed by atoms with Gasteiger partial charge in [-0.25, -0.2) is 9.97 Å². The SMILES string of the molecule is c1cn(C[SiH]Cn2ccnc2)cn1. The van der Waals surface area contributed by atoms with Gasteiger partial charge < -0.3 is 9.13 Å². The molecule has 2 aromatic heterocycles. The molecule has 0 bridgehead atoms. The maximum absolute atomic E-state index is 3.99. The zero-order valence-electron chi connectivity index (χ0n) is 7.24. The van der Waals surface area contributed by atoms with Gasteiger partial charge in [-0.15, -0.1) is 0 Å². The Morgan fingerprint density at radius 3 is 1.85 bits per heavy atom. The van der Waals surface area contributed by atoms with E-state index in [0.717, 1.165) is 12.3 Å². The number of hydrogen-bond donors (Lipinski definition) is 0. The van der Waals surface area contributed by atoms with Gasteiger partial charge in [0.1, 0.15) is 0 Å². The van der Waals surface area contributed by atoms with Gasteiger partial charge in [0.2, 0.25) is 0 Å². The van der Waals surface area contributed by atoms with Crippen molar-refractivity contribution in [3.8, 4) is 0 Å². The highest BCUT2D eigenvalue weighted by molar-refractivity contribution is 6.32. The minimum Gasteiger partial charge on any atom is -0.341 e. The van der Waals surface area contributed by atoms with E-state index in [4.69, 9.17) is 0 Å². The van der Waals surface area contributed by atoms with Gasteiger partial charge in [0, 0.05) is 37.1 Å². The van der Waals surface area contributed by atoms with Crippen molar-refractivity contribution in [2.45, 2.75) is 12.3 Å². The van der Waals surface area contributed by atoms with E-state index < -0.39 is 0 Å². The predicted octanol–water partition coefficient (Wildman–Crippen LogP) is 0.131. The van der Waals surface area contributed by atoms with E-state index in [0.29, 0.717) is 9.52 Å². The van der Waals surface area contributed by atoms with E-state index in [-0.39, 0.29) is 0 Å². The molecule has 0 fully saturated rings. The lowest BCUT2D eigenvalue weighted by Gasteiger charge is -2.01. The van der Waals surface area contributed by atoms with Crippen molar-refractivity contribution in [1.82, 2.24) is 19.1 Å². The Bertz CT molecular complexity index is 293. The Kier molecular flexibility index (Phi) is 2.56. The smallest absolute Gasteiger partial charge is 0.0942 e. The van der Waals surface area contributed by atoms with Crippen LogP contribution < -0.4 is 0 Å². The van der Waals surface area contributed by atoms with Gasteiger partial charge in [0.15, 0.2) is 0 Å². The number of rotatable bonds is 4. The molecular weight excluding hydrogens is 180 g/mol. The van der Waals surface area contributed by atoms with E-state index in [1.165, 1.54) is 0 Å². The molecule has 0 saturated carbocycles. The molecule has 0 amide bonds. The van der Waals surface area contributed by atoms with E-state index in [1.54, 1.807) is 0 Å². The topological polar surface area (TPSA) is 35.6 Å². The molecule has 2 rings (SSSR count). The number of aromatic nitrogens is 4. The van der Waals surface area contributed by atoms with Crippen molar-refractivity contribution in [1.29, 1.82) is 0 Å². The first-order valence-electron chi connectivity index (χ1n) is 4.18. The third kappa shape index (κ3) is 2.28. The second-order valence-electron chi connectivity index (χ2n) is 2.81. The van der Waals surface area contributed by atoms with Crippen LogP contribution in [0.1, 0.15) is 0 Å². The van der Waals surface area contributed by atoms with Crippen LogP contribution in [0.15, 0.2) is 37.4 Å². The van der Waals surface area contributed by atoms with Gasteiger partial charge in [-0.3, -0.25) is 0 Å². The lowest BCUT2D eigenvalue weighted by atomic mass is 10.9. The lowest BCUT2D eigenvalue weighted by Crippen LogP contribution is -2.10. The van der Waals surface area contributed by atoms with Crippen molar-refractivity contribution in [3.05, 3.63) is 37.4 Å². The van der Waals surface area contributed by atoms with Crippen LogP contribution in [0.3, 0.4) is 0 Å². The number of imidazole rings is 2. The van der Waals surface area contributed by atoms with Crippen LogP contribution in [0.5, 0.6) is 0 Å². The standard InChI is InChI=1S/C8H11N4Si/c1-3-11(5-9-1)7-13-8-12-4-2-10-6-12/h1-6,13H,7-8H2. The maximum atomic E-state index is 3.99. The molecular formula is C8H11N4Si. The molecule has 0 N–H and O–H groups in total. The molecule has 0 aliphatic carbocycles. The molecule has 5 heteroatoms. The van der Waals surface area contributed by atoms with Crippen LogP contribution in [0.4, 0.5) is 0 Å². The molecule has 0 spiro atoms. The van der Waals surface area contributed by atoms with Gasteiger partial charge in [0.25, 0.3) is 0 Å². The fraction of sp³-hybridized carbons (Fsp3) is 0.250. The van der Waals surface area contributed by atoms with Crippen molar-refractivity contribution < 1.29 is 0 Å². The lowest BCUT2D eigenvalue weighted by molar-refractivity contribution is 0.820. The molecule has 4 nitrogen and oxygen atoms in total. The number of nitrogens with zero attached hydrogens (tertiary/aromatic N) is 4. The Hall–Kier alpha value is -1.36. The van der Waals surface area contributed by atoms with Gasteiger partial charge in [-0.05, 0) is 0 Å². The minimum absolute atomic E-state index is 0.393. The summed E-state index contributed by atoms with van der Waals surface area (Å²) in [5.41, 5.74) is 0. The first-order chi connectivity index (χ1) is 6.45. The van der Waals surface area contributed by atoms with Crippen LogP contribution in [0.2, 0.25) is 0 Å². The molecule has 0 unspecified atom stereocenters. The second kappa shape index (κ2) is 4.04. The molecule has 0 aliphatic rings. The third-order valence-corrected chi connectivity index (χ3v) is 3.16. The van der Waals surface area contributed by atoms with Crippen molar-refractivity contribution in [2.24, 2.45) is 0 Å². The van der Waals surface area contributed by atoms with E-state index in [1.807, 2.05) is 37.4 Å². The van der Waals surface area contributed by atoms with Gasteiger partial charge >= 0.3 is 0 Å². The first kappa shape index (κ1) is 8.24. The summed E-state index contributed by atoms with van der Waals surface area (Å²) in [7, 11) is 0.393. The maximum Gasteiger partial charge on any atom is 0.0942 e. The Morgan fingerprint density at radius 2 is 1.46 bits per heavy atom. The number of hydrogen-bond acceptors (Lipinski definition) is 2. The van der Waals surface area contributed by atoms with Gasteiger partial charge in [-0.2, -0.15) is 0 Å². The largest absolute Gasteiger partial charge is 0.341 e. The molecule has 13 heavy (non-hydrogen) atoms. The summed E-state index contributed by atoms with van der Waals surface area (Å²) in [6.45, 7) is 0. The summed E-state index contributed by atoms with van der Waals surface area (Å²) in [6.07, 6.45) is 13.5. The van der Waals surface area contributed by atoms with Crippen molar-refractivity contribution in [3.63, 3.8) is 0 Å². The molecule has 2 aromatic rings. The molecule has 0 saturated heterocycles. The fourth-order valence-corrected chi connectivity index (χ4v) is 2.29. The van der Waals surface area contributed by atoms with E-state index >= 15 is 0 Å².